The highest BCUT2D eigenvalue weighted by atomic mass is 16.2. The van der Waals surface area contributed by atoms with E-state index < -0.39 is 11.8 Å². The fraction of sp³-hybridized carbons (Fsp3) is 0.0667. The van der Waals surface area contributed by atoms with Gasteiger partial charge in [-0.1, -0.05) is 12.1 Å². The maximum atomic E-state index is 11.8. The molecule has 6 heteroatoms. The molecule has 0 fully saturated rings. The number of aromatic nitrogens is 1. The lowest BCUT2D eigenvalue weighted by Crippen LogP contribution is -2.29. The second-order valence-electron chi connectivity index (χ2n) is 4.29. The summed E-state index contributed by atoms with van der Waals surface area (Å²) in [5, 5.41) is 4.85. The van der Waals surface area contributed by atoms with Gasteiger partial charge in [-0.15, -0.1) is 0 Å². The standard InChI is InChI=1S/C15H13N3O3/c1-10(19)11-4-2-5-12(8-11)17-14(20)15(21)18-13-6-3-7-16-9-13/h2-9H,1H3,(H,17,20)(H,18,21). The van der Waals surface area contributed by atoms with Gasteiger partial charge < -0.3 is 10.6 Å². The molecule has 0 unspecified atom stereocenters. The second kappa shape index (κ2) is 6.42. The van der Waals surface area contributed by atoms with Crippen LogP contribution in [-0.4, -0.2) is 22.6 Å². The van der Waals surface area contributed by atoms with Crippen LogP contribution in [0.2, 0.25) is 0 Å². The van der Waals surface area contributed by atoms with Crippen molar-refractivity contribution in [2.75, 3.05) is 10.6 Å². The summed E-state index contributed by atoms with van der Waals surface area (Å²) >= 11 is 0. The molecule has 6 nitrogen and oxygen atoms in total. The topological polar surface area (TPSA) is 88.2 Å². The molecule has 0 atom stereocenters. The number of ketones is 1. The minimum Gasteiger partial charge on any atom is -0.318 e. The maximum Gasteiger partial charge on any atom is 0.314 e. The molecular weight excluding hydrogens is 270 g/mol. The van der Waals surface area contributed by atoms with Crippen molar-refractivity contribution in [2.45, 2.75) is 6.92 Å². The lowest BCUT2D eigenvalue weighted by molar-refractivity contribution is -0.133. The first kappa shape index (κ1) is 14.4. The van der Waals surface area contributed by atoms with Crippen LogP contribution in [0.1, 0.15) is 17.3 Å². The minimum absolute atomic E-state index is 0.120. The molecule has 0 bridgehead atoms. The first-order valence-electron chi connectivity index (χ1n) is 6.19. The number of amides is 2. The summed E-state index contributed by atoms with van der Waals surface area (Å²) in [7, 11) is 0. The number of hydrogen-bond donors (Lipinski definition) is 2. The zero-order chi connectivity index (χ0) is 15.2. The Bertz CT molecular complexity index is 684. The van der Waals surface area contributed by atoms with E-state index in [0.29, 0.717) is 16.9 Å². The number of pyridine rings is 1. The Morgan fingerprint density at radius 1 is 0.952 bits per heavy atom. The van der Waals surface area contributed by atoms with Gasteiger partial charge in [-0.2, -0.15) is 0 Å². The van der Waals surface area contributed by atoms with Crippen LogP contribution >= 0.6 is 0 Å². The van der Waals surface area contributed by atoms with Crippen LogP contribution in [0.4, 0.5) is 11.4 Å². The van der Waals surface area contributed by atoms with Gasteiger partial charge in [0.2, 0.25) is 0 Å². The second-order valence-corrected chi connectivity index (χ2v) is 4.29. The molecule has 0 spiro atoms. The van der Waals surface area contributed by atoms with E-state index in [0.717, 1.165) is 0 Å². The van der Waals surface area contributed by atoms with E-state index in [2.05, 4.69) is 15.6 Å². The molecule has 2 rings (SSSR count). The lowest BCUT2D eigenvalue weighted by Gasteiger charge is -2.07. The van der Waals surface area contributed by atoms with E-state index in [-0.39, 0.29) is 5.78 Å². The van der Waals surface area contributed by atoms with Crippen molar-refractivity contribution in [3.63, 3.8) is 0 Å². The fourth-order valence-corrected chi connectivity index (χ4v) is 1.63. The summed E-state index contributed by atoms with van der Waals surface area (Å²) in [6, 6.07) is 9.64. The highest BCUT2D eigenvalue weighted by Gasteiger charge is 2.14. The summed E-state index contributed by atoms with van der Waals surface area (Å²) in [4.78, 5) is 38.6. The third kappa shape index (κ3) is 3.97. The van der Waals surface area contributed by atoms with E-state index in [9.17, 15) is 14.4 Å². The van der Waals surface area contributed by atoms with Gasteiger partial charge in [0.25, 0.3) is 0 Å². The molecule has 1 aromatic heterocycles. The molecule has 1 aromatic carbocycles. The molecule has 0 saturated carbocycles. The van der Waals surface area contributed by atoms with Crippen molar-refractivity contribution in [3.05, 3.63) is 54.4 Å². The highest BCUT2D eigenvalue weighted by Crippen LogP contribution is 2.11. The Balaban J connectivity index is 2.02. The van der Waals surface area contributed by atoms with E-state index in [1.807, 2.05) is 0 Å². The molecule has 106 valence electrons. The first-order chi connectivity index (χ1) is 10.1. The van der Waals surface area contributed by atoms with Crippen LogP contribution in [0.25, 0.3) is 0 Å². The monoisotopic (exact) mass is 283 g/mol. The van der Waals surface area contributed by atoms with E-state index in [4.69, 9.17) is 0 Å². The number of hydrogen-bond acceptors (Lipinski definition) is 4. The minimum atomic E-state index is -0.820. The maximum absolute atomic E-state index is 11.8. The average molecular weight is 283 g/mol. The Morgan fingerprint density at radius 2 is 1.62 bits per heavy atom. The number of rotatable bonds is 3. The quantitative estimate of drug-likeness (QED) is 0.664. The zero-order valence-corrected chi connectivity index (χ0v) is 11.3. The number of Topliss-reactive ketones (excluding diaryl/α,β-unsaturated/α-hetero) is 1. The van der Waals surface area contributed by atoms with Gasteiger partial charge >= 0.3 is 11.8 Å². The largest absolute Gasteiger partial charge is 0.318 e. The molecule has 0 aliphatic carbocycles. The van der Waals surface area contributed by atoms with Crippen LogP contribution in [0.15, 0.2) is 48.8 Å². The van der Waals surface area contributed by atoms with Gasteiger partial charge in [0, 0.05) is 17.4 Å². The van der Waals surface area contributed by atoms with Crippen molar-refractivity contribution >= 4 is 29.0 Å². The Labute approximate surface area is 121 Å². The summed E-state index contributed by atoms with van der Waals surface area (Å²) in [6.45, 7) is 1.43. The summed E-state index contributed by atoms with van der Waals surface area (Å²) in [6.07, 6.45) is 2.99. The first-order valence-corrected chi connectivity index (χ1v) is 6.19. The van der Waals surface area contributed by atoms with Gasteiger partial charge in [-0.3, -0.25) is 19.4 Å². The van der Waals surface area contributed by atoms with Crippen molar-refractivity contribution in [1.29, 1.82) is 0 Å². The molecule has 0 aliphatic rings. The van der Waals surface area contributed by atoms with Crippen LogP contribution in [0, 0.1) is 0 Å². The summed E-state index contributed by atoms with van der Waals surface area (Å²) in [5.41, 5.74) is 1.27. The Kier molecular flexibility index (Phi) is 4.40. The molecule has 2 aromatic rings. The molecular formula is C15H13N3O3. The third-order valence-corrected chi connectivity index (χ3v) is 2.65. The Morgan fingerprint density at radius 3 is 2.24 bits per heavy atom. The molecule has 21 heavy (non-hydrogen) atoms. The predicted octanol–water partition coefficient (Wildman–Crippen LogP) is 1.86. The molecule has 1 heterocycles. The number of nitrogens with zero attached hydrogens (tertiary/aromatic N) is 1. The van der Waals surface area contributed by atoms with E-state index in [1.165, 1.54) is 19.2 Å². The molecule has 0 radical (unpaired) electrons. The van der Waals surface area contributed by atoms with Crippen LogP contribution < -0.4 is 10.6 Å². The molecule has 0 aliphatic heterocycles. The summed E-state index contributed by atoms with van der Waals surface area (Å²) < 4.78 is 0. The predicted molar refractivity (Wildman–Crippen MR) is 77.9 cm³/mol. The van der Waals surface area contributed by atoms with Crippen LogP contribution in [0.3, 0.4) is 0 Å². The molecule has 2 N–H and O–H groups in total. The Hall–Kier alpha value is -3.02. The smallest absolute Gasteiger partial charge is 0.314 e. The molecule has 0 saturated heterocycles. The van der Waals surface area contributed by atoms with Crippen LogP contribution in [-0.2, 0) is 9.59 Å². The number of carbonyl (C=O) groups is 3. The highest BCUT2D eigenvalue weighted by molar-refractivity contribution is 6.43. The van der Waals surface area contributed by atoms with E-state index >= 15 is 0 Å². The van der Waals surface area contributed by atoms with Gasteiger partial charge in [-0.25, -0.2) is 0 Å². The number of benzene rings is 1. The van der Waals surface area contributed by atoms with Crippen molar-refractivity contribution in [2.24, 2.45) is 0 Å². The van der Waals surface area contributed by atoms with Gasteiger partial charge in [0.05, 0.1) is 11.9 Å². The average Bonchev–Trinajstić information content (AvgIpc) is 2.48. The summed E-state index contributed by atoms with van der Waals surface area (Å²) in [5.74, 6) is -1.75. The van der Waals surface area contributed by atoms with Gasteiger partial charge in [0.1, 0.15) is 0 Å². The lowest BCUT2D eigenvalue weighted by atomic mass is 10.1. The zero-order valence-electron chi connectivity index (χ0n) is 11.3. The number of nitrogens with one attached hydrogen (secondary N) is 2. The van der Waals surface area contributed by atoms with Crippen molar-refractivity contribution in [1.82, 2.24) is 4.98 Å². The SMILES string of the molecule is CC(=O)c1cccc(NC(=O)C(=O)Nc2cccnc2)c1. The van der Waals surface area contributed by atoms with Crippen molar-refractivity contribution in [3.8, 4) is 0 Å². The normalized spacial score (nSPS) is 9.76. The molecule has 2 amide bonds. The van der Waals surface area contributed by atoms with Gasteiger partial charge in [-0.05, 0) is 31.2 Å². The number of anilines is 2. The van der Waals surface area contributed by atoms with E-state index in [1.54, 1.807) is 36.5 Å². The number of carbonyl (C=O) groups excluding carboxylic acids is 3. The van der Waals surface area contributed by atoms with Gasteiger partial charge in [0.15, 0.2) is 5.78 Å². The fourth-order valence-electron chi connectivity index (χ4n) is 1.63. The third-order valence-electron chi connectivity index (χ3n) is 2.65. The van der Waals surface area contributed by atoms with Crippen molar-refractivity contribution < 1.29 is 14.4 Å². The van der Waals surface area contributed by atoms with Crippen LogP contribution in [0.5, 0.6) is 0 Å².